The van der Waals surface area contributed by atoms with Crippen LogP contribution in [0.3, 0.4) is 0 Å². The highest BCUT2D eigenvalue weighted by Gasteiger charge is 2.42. The van der Waals surface area contributed by atoms with Gasteiger partial charge in [0.1, 0.15) is 11.4 Å². The first-order valence-electron chi connectivity index (χ1n) is 10.1. The van der Waals surface area contributed by atoms with Gasteiger partial charge in [-0.15, -0.1) is 5.10 Å². The van der Waals surface area contributed by atoms with Crippen molar-refractivity contribution in [3.05, 3.63) is 71.0 Å². The van der Waals surface area contributed by atoms with E-state index in [1.54, 1.807) is 6.92 Å². The number of carbonyl (C=O) groups excluding carboxylic acids is 2. The standard InChI is InChI=1S/C22H22F3N5O3/c1-2-27-21(32)15-10-11-16(30-19(22(23,24)25)18(20(26)31)28-29-30)17(13-15)33-12-6-9-14-7-4-3-5-8-14/h3-5,7-8,10-11,13H,2,6,9,12H2,1H3,(H2,26,31)(H,27,32). The van der Waals surface area contributed by atoms with Crippen molar-refractivity contribution in [2.75, 3.05) is 13.2 Å². The van der Waals surface area contributed by atoms with E-state index in [0.717, 1.165) is 5.56 Å². The molecule has 0 spiro atoms. The van der Waals surface area contributed by atoms with Crippen LogP contribution in [-0.4, -0.2) is 40.0 Å². The van der Waals surface area contributed by atoms with Crippen LogP contribution in [0, 0.1) is 0 Å². The molecule has 11 heteroatoms. The Labute approximate surface area is 187 Å². The van der Waals surface area contributed by atoms with Crippen molar-refractivity contribution in [1.82, 2.24) is 20.3 Å². The Morgan fingerprint density at radius 2 is 1.88 bits per heavy atom. The van der Waals surface area contributed by atoms with E-state index in [-0.39, 0.29) is 23.6 Å². The highest BCUT2D eigenvalue weighted by Crippen LogP contribution is 2.35. The Morgan fingerprint density at radius 1 is 1.15 bits per heavy atom. The molecular weight excluding hydrogens is 439 g/mol. The van der Waals surface area contributed by atoms with Crippen LogP contribution >= 0.6 is 0 Å². The summed E-state index contributed by atoms with van der Waals surface area (Å²) in [6.45, 7) is 2.28. The number of aromatic nitrogens is 3. The number of carbonyl (C=O) groups is 2. The van der Waals surface area contributed by atoms with Crippen molar-refractivity contribution in [2.24, 2.45) is 5.73 Å². The monoisotopic (exact) mass is 461 g/mol. The smallest absolute Gasteiger partial charge is 0.435 e. The Balaban J connectivity index is 1.95. The van der Waals surface area contributed by atoms with E-state index < -0.39 is 29.4 Å². The van der Waals surface area contributed by atoms with Crippen molar-refractivity contribution in [3.63, 3.8) is 0 Å². The van der Waals surface area contributed by atoms with Crippen LogP contribution in [0.15, 0.2) is 48.5 Å². The Hall–Kier alpha value is -3.89. The van der Waals surface area contributed by atoms with Gasteiger partial charge in [0.25, 0.3) is 11.8 Å². The first-order chi connectivity index (χ1) is 15.7. The summed E-state index contributed by atoms with van der Waals surface area (Å²) in [6, 6.07) is 13.5. The maximum absolute atomic E-state index is 13.7. The first-order valence-corrected chi connectivity index (χ1v) is 10.1. The minimum atomic E-state index is -4.96. The summed E-state index contributed by atoms with van der Waals surface area (Å²) in [7, 11) is 0. The number of primary amides is 1. The second-order valence-corrected chi connectivity index (χ2v) is 7.04. The number of hydrogen-bond acceptors (Lipinski definition) is 5. The molecule has 1 heterocycles. The van der Waals surface area contributed by atoms with Gasteiger partial charge in [-0.1, -0.05) is 35.5 Å². The summed E-state index contributed by atoms with van der Waals surface area (Å²) < 4.78 is 47.3. The van der Waals surface area contributed by atoms with Gasteiger partial charge in [-0.25, -0.2) is 4.68 Å². The lowest BCUT2D eigenvalue weighted by molar-refractivity contribution is -0.143. The summed E-state index contributed by atoms with van der Waals surface area (Å²) in [4.78, 5) is 23.7. The van der Waals surface area contributed by atoms with Crippen LogP contribution in [0.4, 0.5) is 13.2 Å². The van der Waals surface area contributed by atoms with E-state index in [4.69, 9.17) is 10.5 Å². The highest BCUT2D eigenvalue weighted by molar-refractivity contribution is 5.95. The number of rotatable bonds is 9. The van der Waals surface area contributed by atoms with Gasteiger partial charge in [0.15, 0.2) is 11.4 Å². The second kappa shape index (κ2) is 10.2. The lowest BCUT2D eigenvalue weighted by Crippen LogP contribution is -2.23. The van der Waals surface area contributed by atoms with Gasteiger partial charge in [-0.05, 0) is 43.5 Å². The molecule has 0 saturated heterocycles. The number of alkyl halides is 3. The number of amides is 2. The maximum atomic E-state index is 13.7. The molecule has 0 bridgehead atoms. The van der Waals surface area contributed by atoms with E-state index in [0.29, 0.717) is 24.1 Å². The number of halogens is 3. The third-order valence-corrected chi connectivity index (χ3v) is 4.67. The van der Waals surface area contributed by atoms with Crippen molar-refractivity contribution in [1.29, 1.82) is 0 Å². The predicted octanol–water partition coefficient (Wildman–Crippen LogP) is 3.15. The Bertz CT molecular complexity index is 1130. The zero-order valence-corrected chi connectivity index (χ0v) is 17.7. The van der Waals surface area contributed by atoms with E-state index >= 15 is 0 Å². The minimum absolute atomic E-state index is 0.0155. The molecule has 0 saturated carbocycles. The van der Waals surface area contributed by atoms with Crippen LogP contribution in [0.25, 0.3) is 5.69 Å². The number of nitrogens with one attached hydrogen (secondary N) is 1. The fourth-order valence-electron chi connectivity index (χ4n) is 3.18. The summed E-state index contributed by atoms with van der Waals surface area (Å²) in [5.74, 6) is -1.79. The lowest BCUT2D eigenvalue weighted by Gasteiger charge is -2.16. The molecule has 0 aliphatic heterocycles. The summed E-state index contributed by atoms with van der Waals surface area (Å²) in [6.07, 6.45) is -3.70. The van der Waals surface area contributed by atoms with Crippen LogP contribution in [0.2, 0.25) is 0 Å². The fraction of sp³-hybridized carbons (Fsp3) is 0.273. The molecule has 0 aliphatic rings. The number of nitrogens with two attached hydrogens (primary N) is 1. The van der Waals surface area contributed by atoms with Gasteiger partial charge < -0.3 is 15.8 Å². The van der Waals surface area contributed by atoms with Gasteiger partial charge in [0.05, 0.1) is 6.61 Å². The van der Waals surface area contributed by atoms with E-state index in [1.807, 2.05) is 30.3 Å². The maximum Gasteiger partial charge on any atom is 0.435 e. The molecule has 0 radical (unpaired) electrons. The van der Waals surface area contributed by atoms with E-state index in [9.17, 15) is 22.8 Å². The van der Waals surface area contributed by atoms with Crippen LogP contribution in [-0.2, 0) is 12.6 Å². The Morgan fingerprint density at radius 3 is 2.52 bits per heavy atom. The molecule has 1 aromatic heterocycles. The molecule has 0 atom stereocenters. The van der Waals surface area contributed by atoms with Crippen molar-refractivity contribution < 1.29 is 27.5 Å². The number of aryl methyl sites for hydroxylation is 1. The molecule has 8 nitrogen and oxygen atoms in total. The molecule has 0 fully saturated rings. The molecule has 2 amide bonds. The van der Waals surface area contributed by atoms with E-state index in [2.05, 4.69) is 15.6 Å². The van der Waals surface area contributed by atoms with Gasteiger partial charge in [0.2, 0.25) is 0 Å². The predicted molar refractivity (Wildman–Crippen MR) is 113 cm³/mol. The molecule has 2 aromatic carbocycles. The molecule has 33 heavy (non-hydrogen) atoms. The minimum Gasteiger partial charge on any atom is -0.491 e. The van der Waals surface area contributed by atoms with Gasteiger partial charge in [0, 0.05) is 12.1 Å². The fourth-order valence-corrected chi connectivity index (χ4v) is 3.18. The molecule has 0 aliphatic carbocycles. The SMILES string of the molecule is CCNC(=O)c1ccc(-n2nnc(C(N)=O)c2C(F)(F)F)c(OCCCc2ccccc2)c1. The van der Waals surface area contributed by atoms with Crippen molar-refractivity contribution in [3.8, 4) is 11.4 Å². The lowest BCUT2D eigenvalue weighted by atomic mass is 10.1. The number of nitrogens with zero attached hydrogens (tertiary/aromatic N) is 3. The van der Waals surface area contributed by atoms with Gasteiger partial charge in [-0.3, -0.25) is 9.59 Å². The molecular formula is C22H22F3N5O3. The van der Waals surface area contributed by atoms with Crippen LogP contribution < -0.4 is 15.8 Å². The normalized spacial score (nSPS) is 11.3. The molecule has 174 valence electrons. The topological polar surface area (TPSA) is 112 Å². The van der Waals surface area contributed by atoms with E-state index in [1.165, 1.54) is 18.2 Å². The summed E-state index contributed by atoms with van der Waals surface area (Å²) in [5.41, 5.74) is 3.77. The number of hydrogen-bond donors (Lipinski definition) is 2. The van der Waals surface area contributed by atoms with Gasteiger partial charge in [-0.2, -0.15) is 13.2 Å². The summed E-state index contributed by atoms with van der Waals surface area (Å²) >= 11 is 0. The highest BCUT2D eigenvalue weighted by atomic mass is 19.4. The quantitative estimate of drug-likeness (QED) is 0.476. The second-order valence-electron chi connectivity index (χ2n) is 7.04. The van der Waals surface area contributed by atoms with Crippen LogP contribution in [0.5, 0.6) is 5.75 Å². The zero-order chi connectivity index (χ0) is 24.0. The molecule has 3 N–H and O–H groups in total. The third-order valence-electron chi connectivity index (χ3n) is 4.67. The average molecular weight is 461 g/mol. The largest absolute Gasteiger partial charge is 0.491 e. The Kier molecular flexibility index (Phi) is 7.31. The molecule has 3 aromatic rings. The van der Waals surface area contributed by atoms with Crippen molar-refractivity contribution >= 4 is 11.8 Å². The zero-order valence-electron chi connectivity index (χ0n) is 17.7. The average Bonchev–Trinajstić information content (AvgIpc) is 3.23. The number of benzene rings is 2. The van der Waals surface area contributed by atoms with Crippen LogP contribution in [0.1, 0.15) is 45.4 Å². The summed E-state index contributed by atoms with van der Waals surface area (Å²) in [5, 5.41) is 9.41. The molecule has 0 unspecified atom stereocenters. The van der Waals surface area contributed by atoms with Crippen molar-refractivity contribution in [2.45, 2.75) is 25.9 Å². The first kappa shape index (κ1) is 23.8. The van der Waals surface area contributed by atoms with Gasteiger partial charge >= 0.3 is 6.18 Å². The third kappa shape index (κ3) is 5.68. The number of ether oxygens (including phenoxy) is 1. The molecule has 3 rings (SSSR count).